The van der Waals surface area contributed by atoms with Crippen LogP contribution in [0.25, 0.3) is 0 Å². The van der Waals surface area contributed by atoms with E-state index in [1.54, 1.807) is 42.5 Å². The van der Waals surface area contributed by atoms with E-state index in [0.29, 0.717) is 33.2 Å². The van der Waals surface area contributed by atoms with Gasteiger partial charge in [0.25, 0.3) is 11.8 Å². The van der Waals surface area contributed by atoms with E-state index in [2.05, 4.69) is 15.4 Å². The Hall–Kier alpha value is -3.36. The number of carbonyl (C=O) groups is 2. The number of amides is 2. The predicted octanol–water partition coefficient (Wildman–Crippen LogP) is 4.52. The quantitative estimate of drug-likeness (QED) is 0.506. The van der Waals surface area contributed by atoms with Crippen molar-refractivity contribution in [2.45, 2.75) is 6.92 Å². The van der Waals surface area contributed by atoms with Crippen LogP contribution >= 0.6 is 11.6 Å². The third-order valence-corrected chi connectivity index (χ3v) is 5.11. The van der Waals surface area contributed by atoms with Crippen LogP contribution in [0.4, 0.5) is 17.1 Å². The lowest BCUT2D eigenvalue weighted by Crippen LogP contribution is -2.14. The molecule has 0 radical (unpaired) electrons. The molecule has 0 aromatic heterocycles. The van der Waals surface area contributed by atoms with E-state index < -0.39 is 10.0 Å². The smallest absolute Gasteiger partial charge is 0.255 e. The van der Waals surface area contributed by atoms with Gasteiger partial charge in [-0.15, -0.1) is 0 Å². The summed E-state index contributed by atoms with van der Waals surface area (Å²) in [6.45, 7) is 1.81. The molecule has 9 heteroatoms. The molecule has 0 spiro atoms. The molecule has 3 aromatic carbocycles. The Labute approximate surface area is 185 Å². The standard InChI is InChI=1S/C22H20ClN3O4S/c1-14-12-19(24-22(28)16-4-3-5-17(23)13-16)10-11-20(14)25-21(27)15-6-8-18(9-7-15)26-31(2,29)30/h3-13,26H,1-2H3,(H,24,28)(H,25,27). The molecule has 0 atom stereocenters. The molecule has 0 fully saturated rings. The normalized spacial score (nSPS) is 10.9. The Kier molecular flexibility index (Phi) is 6.62. The molecule has 3 aromatic rings. The first kappa shape index (κ1) is 22.3. The first-order chi connectivity index (χ1) is 14.6. The highest BCUT2D eigenvalue weighted by atomic mass is 35.5. The number of halogens is 1. The van der Waals surface area contributed by atoms with Gasteiger partial charge in [-0.2, -0.15) is 0 Å². The maximum absolute atomic E-state index is 12.5. The van der Waals surface area contributed by atoms with Gasteiger partial charge < -0.3 is 10.6 Å². The molecule has 0 saturated heterocycles. The summed E-state index contributed by atoms with van der Waals surface area (Å²) in [5.74, 6) is -0.633. The topological polar surface area (TPSA) is 104 Å². The maximum Gasteiger partial charge on any atom is 0.255 e. The van der Waals surface area contributed by atoms with Gasteiger partial charge in [0.15, 0.2) is 0 Å². The monoisotopic (exact) mass is 457 g/mol. The number of benzene rings is 3. The first-order valence-corrected chi connectivity index (χ1v) is 11.4. The summed E-state index contributed by atoms with van der Waals surface area (Å²) in [7, 11) is -3.38. The fraction of sp³-hybridized carbons (Fsp3) is 0.0909. The zero-order chi connectivity index (χ0) is 22.6. The second-order valence-electron chi connectivity index (χ2n) is 6.90. The molecular weight excluding hydrogens is 438 g/mol. The summed E-state index contributed by atoms with van der Waals surface area (Å²) in [5.41, 5.74) is 3.11. The Morgan fingerprint density at radius 2 is 1.45 bits per heavy atom. The van der Waals surface area contributed by atoms with Crippen LogP contribution in [0.2, 0.25) is 5.02 Å². The van der Waals surface area contributed by atoms with Gasteiger partial charge in [-0.3, -0.25) is 14.3 Å². The number of rotatable bonds is 6. The molecule has 0 heterocycles. The van der Waals surface area contributed by atoms with Gasteiger partial charge >= 0.3 is 0 Å². The van der Waals surface area contributed by atoms with E-state index in [4.69, 9.17) is 11.6 Å². The number of nitrogens with one attached hydrogen (secondary N) is 3. The SMILES string of the molecule is Cc1cc(NC(=O)c2cccc(Cl)c2)ccc1NC(=O)c1ccc(NS(C)(=O)=O)cc1. The van der Waals surface area contributed by atoms with E-state index in [-0.39, 0.29) is 11.8 Å². The fourth-order valence-electron chi connectivity index (χ4n) is 2.81. The van der Waals surface area contributed by atoms with E-state index in [0.717, 1.165) is 11.8 Å². The van der Waals surface area contributed by atoms with Crippen molar-refractivity contribution in [3.8, 4) is 0 Å². The molecule has 0 unspecified atom stereocenters. The number of anilines is 3. The fourth-order valence-corrected chi connectivity index (χ4v) is 3.57. The van der Waals surface area contributed by atoms with Gasteiger partial charge in [-0.1, -0.05) is 17.7 Å². The summed E-state index contributed by atoms with van der Waals surface area (Å²) >= 11 is 5.92. The molecule has 0 bridgehead atoms. The van der Waals surface area contributed by atoms with Crippen molar-refractivity contribution < 1.29 is 18.0 Å². The van der Waals surface area contributed by atoms with Crippen molar-refractivity contribution >= 4 is 50.5 Å². The average molecular weight is 458 g/mol. The third-order valence-electron chi connectivity index (χ3n) is 4.27. The third kappa shape index (κ3) is 6.31. The van der Waals surface area contributed by atoms with E-state index in [9.17, 15) is 18.0 Å². The minimum absolute atomic E-state index is 0.290. The molecule has 2 amide bonds. The lowest BCUT2D eigenvalue weighted by Gasteiger charge is -2.12. The van der Waals surface area contributed by atoms with E-state index in [1.165, 1.54) is 24.3 Å². The zero-order valence-electron chi connectivity index (χ0n) is 16.8. The largest absolute Gasteiger partial charge is 0.322 e. The van der Waals surface area contributed by atoms with Crippen molar-refractivity contribution in [1.29, 1.82) is 0 Å². The van der Waals surface area contributed by atoms with Crippen molar-refractivity contribution in [3.05, 3.63) is 88.4 Å². The maximum atomic E-state index is 12.5. The number of hydrogen-bond acceptors (Lipinski definition) is 4. The average Bonchev–Trinajstić information content (AvgIpc) is 2.69. The lowest BCUT2D eigenvalue weighted by molar-refractivity contribution is 0.101. The molecule has 160 valence electrons. The molecule has 7 nitrogen and oxygen atoms in total. The van der Waals surface area contributed by atoms with E-state index >= 15 is 0 Å². The summed E-state index contributed by atoms with van der Waals surface area (Å²) < 4.78 is 24.9. The summed E-state index contributed by atoms with van der Waals surface area (Å²) in [4.78, 5) is 24.9. The van der Waals surface area contributed by atoms with Crippen LogP contribution in [-0.2, 0) is 10.0 Å². The second-order valence-corrected chi connectivity index (χ2v) is 9.08. The summed E-state index contributed by atoms with van der Waals surface area (Å²) in [6.07, 6.45) is 1.05. The number of aryl methyl sites for hydroxylation is 1. The Bertz CT molecular complexity index is 1240. The Morgan fingerprint density at radius 1 is 0.806 bits per heavy atom. The van der Waals surface area contributed by atoms with Crippen LogP contribution in [0.15, 0.2) is 66.7 Å². The van der Waals surface area contributed by atoms with Gasteiger partial charge in [-0.25, -0.2) is 8.42 Å². The molecule has 0 aliphatic heterocycles. The van der Waals surface area contributed by atoms with Crippen LogP contribution < -0.4 is 15.4 Å². The second kappa shape index (κ2) is 9.20. The minimum atomic E-state index is -3.38. The Morgan fingerprint density at radius 3 is 2.06 bits per heavy atom. The van der Waals surface area contributed by atoms with Crippen LogP contribution in [0.5, 0.6) is 0 Å². The van der Waals surface area contributed by atoms with Crippen LogP contribution in [0.3, 0.4) is 0 Å². The van der Waals surface area contributed by atoms with Gasteiger partial charge in [0.05, 0.1) is 6.26 Å². The number of sulfonamides is 1. The van der Waals surface area contributed by atoms with Crippen LogP contribution in [0, 0.1) is 6.92 Å². The highest BCUT2D eigenvalue weighted by Gasteiger charge is 2.11. The zero-order valence-corrected chi connectivity index (χ0v) is 18.3. The predicted molar refractivity (Wildman–Crippen MR) is 123 cm³/mol. The van der Waals surface area contributed by atoms with Gasteiger partial charge in [0.1, 0.15) is 0 Å². The molecule has 0 saturated carbocycles. The minimum Gasteiger partial charge on any atom is -0.322 e. The molecule has 3 N–H and O–H groups in total. The van der Waals surface area contributed by atoms with Gasteiger partial charge in [-0.05, 0) is 73.2 Å². The van der Waals surface area contributed by atoms with Crippen molar-refractivity contribution in [1.82, 2.24) is 0 Å². The highest BCUT2D eigenvalue weighted by molar-refractivity contribution is 7.92. The molecule has 0 aliphatic rings. The number of hydrogen-bond donors (Lipinski definition) is 3. The summed E-state index contributed by atoms with van der Waals surface area (Å²) in [5, 5.41) is 6.08. The first-order valence-electron chi connectivity index (χ1n) is 9.17. The highest BCUT2D eigenvalue weighted by Crippen LogP contribution is 2.22. The molecular formula is C22H20ClN3O4S. The van der Waals surface area contributed by atoms with E-state index in [1.807, 2.05) is 6.92 Å². The van der Waals surface area contributed by atoms with Crippen molar-refractivity contribution in [2.75, 3.05) is 21.6 Å². The van der Waals surface area contributed by atoms with Crippen LogP contribution in [-0.4, -0.2) is 26.5 Å². The van der Waals surface area contributed by atoms with Gasteiger partial charge in [0.2, 0.25) is 10.0 Å². The number of carbonyl (C=O) groups excluding carboxylic acids is 2. The van der Waals surface area contributed by atoms with Gasteiger partial charge in [0, 0.05) is 33.2 Å². The van der Waals surface area contributed by atoms with Crippen LogP contribution in [0.1, 0.15) is 26.3 Å². The molecule has 0 aliphatic carbocycles. The van der Waals surface area contributed by atoms with Crippen molar-refractivity contribution in [2.24, 2.45) is 0 Å². The Balaban J connectivity index is 1.67. The summed E-state index contributed by atoms with van der Waals surface area (Å²) in [6, 6.07) is 17.8. The lowest BCUT2D eigenvalue weighted by atomic mass is 10.1. The molecule has 3 rings (SSSR count). The molecule has 31 heavy (non-hydrogen) atoms. The van der Waals surface area contributed by atoms with Crippen molar-refractivity contribution in [3.63, 3.8) is 0 Å².